The predicted octanol–water partition coefficient (Wildman–Crippen LogP) is 3.14. The summed E-state index contributed by atoms with van der Waals surface area (Å²) in [5, 5.41) is 19.5. The molecule has 3 aromatic rings. The molecule has 0 aliphatic carbocycles. The van der Waals surface area contributed by atoms with Crippen molar-refractivity contribution >= 4 is 23.4 Å². The molecule has 3 N–H and O–H groups in total. The van der Waals surface area contributed by atoms with Crippen molar-refractivity contribution in [3.8, 4) is 11.5 Å². The Labute approximate surface area is 177 Å². The maximum absolute atomic E-state index is 13.0. The molecular formula is C22H20N4O5. The molecule has 1 aromatic heterocycles. The van der Waals surface area contributed by atoms with Crippen molar-refractivity contribution in [2.45, 2.75) is 6.04 Å². The largest absolute Gasteiger partial charge is 0.497 e. The number of methoxy groups -OCH3 is 2. The molecule has 9 nitrogen and oxygen atoms in total. The number of anilines is 2. The molecule has 1 amide bonds. The van der Waals surface area contributed by atoms with E-state index in [2.05, 4.69) is 15.7 Å². The third kappa shape index (κ3) is 3.80. The number of amides is 1. The summed E-state index contributed by atoms with van der Waals surface area (Å²) in [4.78, 5) is 24.7. The number of rotatable bonds is 6. The monoisotopic (exact) mass is 420 g/mol. The lowest BCUT2D eigenvalue weighted by Crippen LogP contribution is -2.25. The number of carbonyl (C=O) groups excluding carboxylic acids is 1. The van der Waals surface area contributed by atoms with Gasteiger partial charge < -0.3 is 25.2 Å². The molecule has 0 saturated carbocycles. The smallest absolute Gasteiger partial charge is 0.352 e. The molecule has 2 heterocycles. The fourth-order valence-corrected chi connectivity index (χ4v) is 3.36. The average molecular weight is 420 g/mol. The van der Waals surface area contributed by atoms with Crippen molar-refractivity contribution in [1.29, 1.82) is 0 Å². The highest BCUT2D eigenvalue weighted by molar-refractivity contribution is 6.09. The van der Waals surface area contributed by atoms with Crippen LogP contribution in [0.25, 0.3) is 0 Å². The number of carboxylic acids is 1. The zero-order valence-corrected chi connectivity index (χ0v) is 16.8. The molecule has 31 heavy (non-hydrogen) atoms. The number of carboxylic acid groups (broad SMARTS) is 1. The maximum atomic E-state index is 13.0. The van der Waals surface area contributed by atoms with Gasteiger partial charge in [0.05, 0.1) is 32.1 Å². The number of nitrogens with one attached hydrogen (secondary N) is 2. The van der Waals surface area contributed by atoms with E-state index in [9.17, 15) is 14.7 Å². The number of para-hydroxylation sites is 2. The summed E-state index contributed by atoms with van der Waals surface area (Å²) in [7, 11) is 3.08. The van der Waals surface area contributed by atoms with Gasteiger partial charge >= 0.3 is 5.97 Å². The number of fused-ring (bicyclic) bond motifs is 1. The number of nitrogens with zero attached hydrogens (tertiary/aromatic N) is 2. The van der Waals surface area contributed by atoms with Crippen LogP contribution in [0.5, 0.6) is 11.5 Å². The molecule has 0 fully saturated rings. The maximum Gasteiger partial charge on any atom is 0.352 e. The zero-order chi connectivity index (χ0) is 22.0. The summed E-state index contributed by atoms with van der Waals surface area (Å²) in [6.45, 7) is 0. The van der Waals surface area contributed by atoms with Gasteiger partial charge in [0, 0.05) is 0 Å². The summed E-state index contributed by atoms with van der Waals surface area (Å²) in [5.41, 5.74) is 1.45. The minimum atomic E-state index is -1.14. The molecular weight excluding hydrogens is 400 g/mol. The number of aliphatic carboxylic acids is 1. The first-order valence-electron chi connectivity index (χ1n) is 9.39. The van der Waals surface area contributed by atoms with E-state index >= 15 is 0 Å². The van der Waals surface area contributed by atoms with Crippen LogP contribution in [-0.2, 0) is 4.79 Å². The molecule has 158 valence electrons. The second-order valence-corrected chi connectivity index (χ2v) is 6.73. The van der Waals surface area contributed by atoms with Crippen LogP contribution in [-0.4, -0.2) is 41.0 Å². The Bertz CT molecular complexity index is 1170. The minimum absolute atomic E-state index is 0.0415. The van der Waals surface area contributed by atoms with Gasteiger partial charge in [0.2, 0.25) is 0 Å². The van der Waals surface area contributed by atoms with Crippen LogP contribution in [0.3, 0.4) is 0 Å². The van der Waals surface area contributed by atoms with Crippen molar-refractivity contribution in [2.24, 2.45) is 0 Å². The van der Waals surface area contributed by atoms with E-state index in [1.165, 1.54) is 13.3 Å². The van der Waals surface area contributed by atoms with E-state index in [-0.39, 0.29) is 17.1 Å². The molecule has 4 rings (SSSR count). The zero-order valence-electron chi connectivity index (χ0n) is 16.8. The SMILES string of the molecule is COc1ccc([C@H]2C=C(C(=O)O)Nc3c(C(=O)Nc4ccccc4OC)cnn32)cc1. The number of hydrogen-bond acceptors (Lipinski definition) is 6. The third-order valence-electron chi connectivity index (χ3n) is 4.92. The fraction of sp³-hybridized carbons (Fsp3) is 0.136. The number of allylic oxidation sites excluding steroid dienone is 1. The van der Waals surface area contributed by atoms with Crippen LogP contribution >= 0.6 is 0 Å². The Balaban J connectivity index is 1.71. The van der Waals surface area contributed by atoms with E-state index in [1.54, 1.807) is 54.3 Å². The van der Waals surface area contributed by atoms with Crippen LogP contribution in [0, 0.1) is 0 Å². The molecule has 1 aliphatic heterocycles. The van der Waals surface area contributed by atoms with E-state index in [4.69, 9.17) is 9.47 Å². The van der Waals surface area contributed by atoms with Gasteiger partial charge in [-0.2, -0.15) is 5.10 Å². The lowest BCUT2D eigenvalue weighted by molar-refractivity contribution is -0.132. The lowest BCUT2D eigenvalue weighted by Gasteiger charge is -2.24. The first-order valence-corrected chi connectivity index (χ1v) is 9.39. The van der Waals surface area contributed by atoms with E-state index in [0.717, 1.165) is 5.56 Å². The summed E-state index contributed by atoms with van der Waals surface area (Å²) in [6.07, 6.45) is 2.95. The molecule has 1 aliphatic rings. The Morgan fingerprint density at radius 3 is 2.52 bits per heavy atom. The first kappa shape index (κ1) is 20.0. The highest BCUT2D eigenvalue weighted by atomic mass is 16.5. The molecule has 0 saturated heterocycles. The number of hydrogen-bond donors (Lipinski definition) is 3. The van der Waals surface area contributed by atoms with Crippen LogP contribution < -0.4 is 20.1 Å². The van der Waals surface area contributed by atoms with Crippen molar-refractivity contribution in [1.82, 2.24) is 9.78 Å². The number of carbonyl (C=O) groups is 2. The van der Waals surface area contributed by atoms with Crippen molar-refractivity contribution in [2.75, 3.05) is 24.9 Å². The van der Waals surface area contributed by atoms with Gasteiger partial charge in [-0.15, -0.1) is 0 Å². The molecule has 1 atom stereocenters. The Morgan fingerprint density at radius 2 is 1.84 bits per heavy atom. The number of ether oxygens (including phenoxy) is 2. The predicted molar refractivity (Wildman–Crippen MR) is 114 cm³/mol. The van der Waals surface area contributed by atoms with Crippen molar-refractivity contribution < 1.29 is 24.2 Å². The highest BCUT2D eigenvalue weighted by Gasteiger charge is 2.29. The molecule has 0 bridgehead atoms. The molecule has 9 heteroatoms. The van der Waals surface area contributed by atoms with E-state index in [0.29, 0.717) is 17.2 Å². The fourth-order valence-electron chi connectivity index (χ4n) is 3.36. The lowest BCUT2D eigenvalue weighted by atomic mass is 10.0. The van der Waals surface area contributed by atoms with Crippen LogP contribution in [0.1, 0.15) is 22.0 Å². The topological polar surface area (TPSA) is 115 Å². The van der Waals surface area contributed by atoms with Crippen LogP contribution in [0.15, 0.2) is 66.5 Å². The summed E-state index contributed by atoms with van der Waals surface area (Å²) in [6, 6.07) is 13.7. The Morgan fingerprint density at radius 1 is 1.10 bits per heavy atom. The Hall–Kier alpha value is -4.27. The normalized spacial score (nSPS) is 14.6. The average Bonchev–Trinajstić information content (AvgIpc) is 3.23. The van der Waals surface area contributed by atoms with Crippen LogP contribution in [0.4, 0.5) is 11.5 Å². The van der Waals surface area contributed by atoms with Gasteiger partial charge in [-0.05, 0) is 35.9 Å². The standard InChI is InChI=1S/C22H20N4O5/c1-30-14-9-7-13(8-10-14)18-11-17(22(28)29)24-20-15(12-23-26(18)20)21(27)25-16-5-3-4-6-19(16)31-2/h3-12,18,24H,1-2H3,(H,25,27)(H,28,29)/t18-/m1/s1. The molecule has 2 aromatic carbocycles. The molecule has 0 spiro atoms. The number of aromatic nitrogens is 2. The second kappa shape index (κ2) is 8.23. The highest BCUT2D eigenvalue weighted by Crippen LogP contribution is 2.33. The van der Waals surface area contributed by atoms with Crippen molar-refractivity contribution in [3.05, 3.63) is 77.6 Å². The van der Waals surface area contributed by atoms with Crippen molar-refractivity contribution in [3.63, 3.8) is 0 Å². The molecule has 0 unspecified atom stereocenters. The summed E-state index contributed by atoms with van der Waals surface area (Å²) < 4.78 is 12.0. The van der Waals surface area contributed by atoms with Gasteiger partial charge in [-0.25, -0.2) is 9.48 Å². The first-order chi connectivity index (χ1) is 15.0. The number of benzene rings is 2. The third-order valence-corrected chi connectivity index (χ3v) is 4.92. The van der Waals surface area contributed by atoms with Gasteiger partial charge in [0.15, 0.2) is 0 Å². The van der Waals surface area contributed by atoms with E-state index < -0.39 is 17.9 Å². The Kier molecular flexibility index (Phi) is 5.31. The van der Waals surface area contributed by atoms with Gasteiger partial charge in [-0.3, -0.25) is 4.79 Å². The van der Waals surface area contributed by atoms with Gasteiger partial charge in [0.1, 0.15) is 28.6 Å². The second-order valence-electron chi connectivity index (χ2n) is 6.73. The molecule has 0 radical (unpaired) electrons. The van der Waals surface area contributed by atoms with Gasteiger partial charge in [0.25, 0.3) is 5.91 Å². The van der Waals surface area contributed by atoms with E-state index in [1.807, 2.05) is 12.1 Å². The summed E-state index contributed by atoms with van der Waals surface area (Å²) >= 11 is 0. The minimum Gasteiger partial charge on any atom is -0.497 e. The summed E-state index contributed by atoms with van der Waals surface area (Å²) in [5.74, 6) is -0.113. The van der Waals surface area contributed by atoms with Gasteiger partial charge in [-0.1, -0.05) is 24.3 Å². The van der Waals surface area contributed by atoms with Crippen LogP contribution in [0.2, 0.25) is 0 Å². The quantitative estimate of drug-likeness (QED) is 0.561.